The van der Waals surface area contributed by atoms with E-state index in [-0.39, 0.29) is 18.3 Å². The second-order valence-electron chi connectivity index (χ2n) is 4.68. The summed E-state index contributed by atoms with van der Waals surface area (Å²) in [5.74, 6) is 0.490. The highest BCUT2D eigenvalue weighted by molar-refractivity contribution is 5.93. The zero-order valence-electron chi connectivity index (χ0n) is 12.1. The summed E-state index contributed by atoms with van der Waals surface area (Å²) in [6.45, 7) is 3.04. The van der Waals surface area contributed by atoms with Gasteiger partial charge in [-0.05, 0) is 30.0 Å². The molecule has 2 rings (SSSR count). The molecule has 0 unspecified atom stereocenters. The van der Waals surface area contributed by atoms with Gasteiger partial charge >= 0.3 is 0 Å². The van der Waals surface area contributed by atoms with Crippen molar-refractivity contribution in [2.45, 2.75) is 26.3 Å². The Bertz CT molecular complexity index is 564. The molecule has 21 heavy (non-hydrogen) atoms. The smallest absolute Gasteiger partial charge is 0.254 e. The van der Waals surface area contributed by atoms with Crippen LogP contribution in [-0.4, -0.2) is 12.5 Å². The zero-order chi connectivity index (χ0) is 14.4. The van der Waals surface area contributed by atoms with Crippen LogP contribution in [0.4, 0.5) is 0 Å². The summed E-state index contributed by atoms with van der Waals surface area (Å²) in [5, 5.41) is 2.87. The van der Waals surface area contributed by atoms with Crippen LogP contribution < -0.4 is 11.1 Å². The molecule has 0 saturated heterocycles. The number of hydrogen-bond acceptors (Lipinski definition) is 3. The van der Waals surface area contributed by atoms with Crippen molar-refractivity contribution in [3.8, 4) is 0 Å². The number of furan rings is 1. The molecule has 1 aromatic carbocycles. The molecule has 114 valence electrons. The molecular weight excluding hydrogens is 288 g/mol. The molecule has 1 heterocycles. The summed E-state index contributed by atoms with van der Waals surface area (Å²) >= 11 is 0. The van der Waals surface area contributed by atoms with E-state index in [9.17, 15) is 4.79 Å². The fourth-order valence-corrected chi connectivity index (χ4v) is 1.97. The number of halogens is 1. The van der Waals surface area contributed by atoms with Gasteiger partial charge in [-0.2, -0.15) is 0 Å². The van der Waals surface area contributed by atoms with Crippen LogP contribution in [0.15, 0.2) is 41.0 Å². The number of hydrogen-bond donors (Lipinski definition) is 2. The first-order valence-electron chi connectivity index (χ1n) is 6.86. The third-order valence-corrected chi connectivity index (χ3v) is 3.25. The Morgan fingerprint density at radius 2 is 1.90 bits per heavy atom. The summed E-state index contributed by atoms with van der Waals surface area (Å²) in [6, 6.07) is 10.1. The molecule has 4 nitrogen and oxygen atoms in total. The van der Waals surface area contributed by atoms with Gasteiger partial charge in [0.05, 0.1) is 12.1 Å². The number of amides is 1. The minimum absolute atomic E-state index is 0. The van der Waals surface area contributed by atoms with Crippen molar-refractivity contribution in [3.05, 3.63) is 59.0 Å². The molecule has 3 N–H and O–H groups in total. The Morgan fingerprint density at radius 1 is 1.24 bits per heavy atom. The minimum atomic E-state index is -0.126. The van der Waals surface area contributed by atoms with Crippen LogP contribution in [0.3, 0.4) is 0 Å². The van der Waals surface area contributed by atoms with Crippen molar-refractivity contribution in [2.75, 3.05) is 6.54 Å². The Morgan fingerprint density at radius 3 is 2.48 bits per heavy atom. The van der Waals surface area contributed by atoms with Gasteiger partial charge in [-0.3, -0.25) is 4.79 Å². The van der Waals surface area contributed by atoms with Crippen LogP contribution in [-0.2, 0) is 19.4 Å². The van der Waals surface area contributed by atoms with Gasteiger partial charge in [0, 0.05) is 6.54 Å². The fourth-order valence-electron chi connectivity index (χ4n) is 1.97. The Balaban J connectivity index is 0.00000220. The van der Waals surface area contributed by atoms with Gasteiger partial charge in [0.2, 0.25) is 0 Å². The molecule has 0 aliphatic rings. The van der Waals surface area contributed by atoms with Gasteiger partial charge in [0.25, 0.3) is 5.91 Å². The lowest BCUT2D eigenvalue weighted by molar-refractivity contribution is 0.0953. The van der Waals surface area contributed by atoms with Crippen molar-refractivity contribution in [1.82, 2.24) is 5.32 Å². The molecule has 2 aromatic rings. The SMILES string of the molecule is CCc1ccc(CCNC(=O)c2coc(CN)c2)cc1.Cl. The number of aryl methyl sites for hydroxylation is 1. The van der Waals surface area contributed by atoms with E-state index in [2.05, 4.69) is 36.5 Å². The van der Waals surface area contributed by atoms with Crippen LogP contribution in [0.25, 0.3) is 0 Å². The molecular formula is C16H21ClN2O2. The summed E-state index contributed by atoms with van der Waals surface area (Å²) in [7, 11) is 0. The Labute approximate surface area is 131 Å². The van der Waals surface area contributed by atoms with Crippen LogP contribution in [0.2, 0.25) is 0 Å². The van der Waals surface area contributed by atoms with Crippen LogP contribution >= 0.6 is 12.4 Å². The van der Waals surface area contributed by atoms with Crippen molar-refractivity contribution in [1.29, 1.82) is 0 Å². The highest BCUT2D eigenvalue weighted by atomic mass is 35.5. The molecule has 1 aromatic heterocycles. The molecule has 0 radical (unpaired) electrons. The van der Waals surface area contributed by atoms with E-state index in [0.717, 1.165) is 12.8 Å². The topological polar surface area (TPSA) is 68.3 Å². The van der Waals surface area contributed by atoms with E-state index in [1.807, 2.05) is 0 Å². The fraction of sp³-hybridized carbons (Fsp3) is 0.312. The molecule has 0 aliphatic heterocycles. The molecule has 0 aliphatic carbocycles. The van der Waals surface area contributed by atoms with E-state index in [0.29, 0.717) is 24.4 Å². The maximum Gasteiger partial charge on any atom is 0.254 e. The standard InChI is InChI=1S/C16H20N2O2.ClH/c1-2-12-3-5-13(6-4-12)7-8-18-16(19)14-9-15(10-17)20-11-14;/h3-6,9,11H,2,7-8,10,17H2,1H3,(H,18,19);1H. The monoisotopic (exact) mass is 308 g/mol. The third kappa shape index (κ3) is 4.92. The molecule has 1 amide bonds. The molecule has 0 bridgehead atoms. The molecule has 0 fully saturated rings. The van der Waals surface area contributed by atoms with E-state index in [1.165, 1.54) is 17.4 Å². The first-order valence-corrected chi connectivity index (χ1v) is 6.86. The second-order valence-corrected chi connectivity index (χ2v) is 4.68. The normalized spacial score (nSPS) is 10.0. The summed E-state index contributed by atoms with van der Waals surface area (Å²) in [5.41, 5.74) is 8.50. The number of rotatable bonds is 6. The van der Waals surface area contributed by atoms with E-state index in [4.69, 9.17) is 10.2 Å². The molecule has 0 spiro atoms. The minimum Gasteiger partial charge on any atom is -0.467 e. The third-order valence-electron chi connectivity index (χ3n) is 3.25. The highest BCUT2D eigenvalue weighted by Crippen LogP contribution is 2.07. The Hall–Kier alpha value is -1.78. The van der Waals surface area contributed by atoms with Crippen LogP contribution in [0, 0.1) is 0 Å². The number of carbonyl (C=O) groups excluding carboxylic acids is 1. The van der Waals surface area contributed by atoms with Gasteiger partial charge in [-0.15, -0.1) is 12.4 Å². The number of carbonyl (C=O) groups is 1. The summed E-state index contributed by atoms with van der Waals surface area (Å²) in [4.78, 5) is 11.9. The van der Waals surface area contributed by atoms with Crippen LogP contribution in [0.5, 0.6) is 0 Å². The number of nitrogens with two attached hydrogens (primary N) is 1. The zero-order valence-corrected chi connectivity index (χ0v) is 12.9. The molecule has 0 atom stereocenters. The lowest BCUT2D eigenvalue weighted by Crippen LogP contribution is -2.25. The van der Waals surface area contributed by atoms with Crippen molar-refractivity contribution >= 4 is 18.3 Å². The maximum absolute atomic E-state index is 11.9. The number of benzene rings is 1. The molecule has 5 heteroatoms. The van der Waals surface area contributed by atoms with Crippen LogP contribution in [0.1, 0.15) is 34.2 Å². The van der Waals surface area contributed by atoms with Crippen molar-refractivity contribution < 1.29 is 9.21 Å². The summed E-state index contributed by atoms with van der Waals surface area (Å²) in [6.07, 6.45) is 3.30. The van der Waals surface area contributed by atoms with E-state index in [1.54, 1.807) is 6.07 Å². The Kier molecular flexibility index (Phi) is 6.99. The predicted octanol–water partition coefficient (Wildman–Crippen LogP) is 2.70. The largest absolute Gasteiger partial charge is 0.467 e. The quantitative estimate of drug-likeness (QED) is 0.862. The predicted molar refractivity (Wildman–Crippen MR) is 85.7 cm³/mol. The van der Waals surface area contributed by atoms with Crippen molar-refractivity contribution in [3.63, 3.8) is 0 Å². The molecule has 0 saturated carbocycles. The van der Waals surface area contributed by atoms with Gasteiger partial charge in [-0.25, -0.2) is 0 Å². The second kappa shape index (κ2) is 8.49. The van der Waals surface area contributed by atoms with Gasteiger partial charge < -0.3 is 15.5 Å². The lowest BCUT2D eigenvalue weighted by atomic mass is 10.1. The van der Waals surface area contributed by atoms with Crippen molar-refractivity contribution in [2.24, 2.45) is 5.73 Å². The van der Waals surface area contributed by atoms with Gasteiger partial charge in [0.1, 0.15) is 12.0 Å². The average Bonchev–Trinajstić information content (AvgIpc) is 2.97. The number of nitrogens with one attached hydrogen (secondary N) is 1. The van der Waals surface area contributed by atoms with E-state index < -0.39 is 0 Å². The maximum atomic E-state index is 11.9. The highest BCUT2D eigenvalue weighted by Gasteiger charge is 2.08. The first-order chi connectivity index (χ1) is 9.72. The average molecular weight is 309 g/mol. The first kappa shape index (κ1) is 17.3. The van der Waals surface area contributed by atoms with E-state index >= 15 is 0 Å². The lowest BCUT2D eigenvalue weighted by Gasteiger charge is -2.04. The van der Waals surface area contributed by atoms with Gasteiger partial charge in [0.15, 0.2) is 0 Å². The van der Waals surface area contributed by atoms with Gasteiger partial charge in [-0.1, -0.05) is 31.2 Å². The summed E-state index contributed by atoms with van der Waals surface area (Å²) < 4.78 is 5.14.